The van der Waals surface area contributed by atoms with Crippen molar-refractivity contribution in [2.45, 2.75) is 25.4 Å². The lowest BCUT2D eigenvalue weighted by Gasteiger charge is -2.37. The summed E-state index contributed by atoms with van der Waals surface area (Å²) in [6.45, 7) is 8.52. The van der Waals surface area contributed by atoms with Gasteiger partial charge in [-0.25, -0.2) is 4.99 Å². The van der Waals surface area contributed by atoms with Crippen molar-refractivity contribution in [1.82, 2.24) is 4.90 Å². The predicted octanol–water partition coefficient (Wildman–Crippen LogP) is 0.860. The van der Waals surface area contributed by atoms with Gasteiger partial charge in [0.05, 0.1) is 23.8 Å². The minimum absolute atomic E-state index is 0.151. The number of hydrogen-bond acceptors (Lipinski definition) is 5. The van der Waals surface area contributed by atoms with Gasteiger partial charge in [0.15, 0.2) is 0 Å². The summed E-state index contributed by atoms with van der Waals surface area (Å²) in [6, 6.07) is 0. The molecule has 0 bridgehead atoms. The number of nitrogens with two attached hydrogens (primary N) is 3. The Balaban J connectivity index is 2.18. The molecule has 2 rings (SSSR count). The van der Waals surface area contributed by atoms with Crippen LogP contribution in [0.15, 0.2) is 41.4 Å². The van der Waals surface area contributed by atoms with Gasteiger partial charge in [-0.05, 0) is 43.7 Å². The summed E-state index contributed by atoms with van der Waals surface area (Å²) in [5.41, 5.74) is 19.5. The SMILES string of the molecule is C=CC1=C(N)N=CC(=C)N1[C@H](N)C1CC[C@@H](CN)C1. The number of rotatable bonds is 4. The first kappa shape index (κ1) is 13.8. The maximum atomic E-state index is 6.41. The van der Waals surface area contributed by atoms with Crippen molar-refractivity contribution in [2.24, 2.45) is 34.0 Å². The van der Waals surface area contributed by atoms with E-state index in [0.717, 1.165) is 37.2 Å². The van der Waals surface area contributed by atoms with E-state index in [1.165, 1.54) is 0 Å². The fourth-order valence-electron chi connectivity index (χ4n) is 2.95. The second-order valence-electron chi connectivity index (χ2n) is 5.26. The fraction of sp³-hybridized carbons (Fsp3) is 0.500. The van der Waals surface area contributed by atoms with Crippen molar-refractivity contribution >= 4 is 6.21 Å². The van der Waals surface area contributed by atoms with Crippen LogP contribution in [0.2, 0.25) is 0 Å². The molecule has 1 fully saturated rings. The lowest BCUT2D eigenvalue weighted by Crippen LogP contribution is -2.47. The number of aliphatic imine (C=N–C) groups is 1. The molecule has 1 aliphatic heterocycles. The van der Waals surface area contributed by atoms with Crippen LogP contribution in [0, 0.1) is 11.8 Å². The second kappa shape index (κ2) is 5.59. The number of allylic oxidation sites excluding steroid dienone is 2. The maximum absolute atomic E-state index is 6.41. The third-order valence-electron chi connectivity index (χ3n) is 4.07. The first-order chi connectivity index (χ1) is 9.08. The zero-order chi connectivity index (χ0) is 14.0. The second-order valence-corrected chi connectivity index (χ2v) is 5.26. The third-order valence-corrected chi connectivity index (χ3v) is 4.07. The molecule has 0 spiro atoms. The zero-order valence-corrected chi connectivity index (χ0v) is 11.3. The highest BCUT2D eigenvalue weighted by molar-refractivity contribution is 5.80. The summed E-state index contributed by atoms with van der Waals surface area (Å²) in [4.78, 5) is 6.04. The number of nitrogens with zero attached hydrogens (tertiary/aromatic N) is 2. The van der Waals surface area contributed by atoms with E-state index in [9.17, 15) is 0 Å². The highest BCUT2D eigenvalue weighted by Crippen LogP contribution is 2.35. The van der Waals surface area contributed by atoms with Gasteiger partial charge in [-0.15, -0.1) is 0 Å². The van der Waals surface area contributed by atoms with Crippen LogP contribution >= 0.6 is 0 Å². The molecule has 1 unspecified atom stereocenters. The van der Waals surface area contributed by atoms with E-state index in [-0.39, 0.29) is 6.17 Å². The largest absolute Gasteiger partial charge is 0.382 e. The van der Waals surface area contributed by atoms with Crippen molar-refractivity contribution < 1.29 is 0 Å². The van der Waals surface area contributed by atoms with Crippen molar-refractivity contribution in [3.63, 3.8) is 0 Å². The average Bonchev–Trinajstić information content (AvgIpc) is 2.89. The summed E-state index contributed by atoms with van der Waals surface area (Å²) in [7, 11) is 0. The average molecular weight is 261 g/mol. The Hall–Kier alpha value is -1.59. The summed E-state index contributed by atoms with van der Waals surface area (Å²) in [5.74, 6) is 1.42. The van der Waals surface area contributed by atoms with Crippen LogP contribution in [0.25, 0.3) is 0 Å². The molecule has 0 aromatic carbocycles. The zero-order valence-electron chi connectivity index (χ0n) is 11.3. The molecule has 1 heterocycles. The van der Waals surface area contributed by atoms with Crippen LogP contribution in [-0.4, -0.2) is 23.8 Å². The van der Waals surface area contributed by atoms with E-state index < -0.39 is 0 Å². The Kier molecular flexibility index (Phi) is 4.07. The molecule has 1 aliphatic carbocycles. The van der Waals surface area contributed by atoms with Gasteiger partial charge >= 0.3 is 0 Å². The molecule has 2 aliphatic rings. The Morgan fingerprint density at radius 3 is 2.84 bits per heavy atom. The lowest BCUT2D eigenvalue weighted by molar-refractivity contribution is 0.239. The van der Waals surface area contributed by atoms with E-state index in [1.54, 1.807) is 12.3 Å². The standard InChI is InChI=1S/C14H23N5/c1-3-12-13(16)18-8-9(2)19(12)14(17)11-5-4-10(6-11)7-15/h3,8,10-11,14H,1-2,4-7,15-17H2/t10-,11?,14+/m1/s1. The molecule has 3 atom stereocenters. The van der Waals surface area contributed by atoms with Gasteiger partial charge in [-0.2, -0.15) is 0 Å². The first-order valence-corrected chi connectivity index (χ1v) is 6.68. The Bertz CT molecular complexity index is 437. The van der Waals surface area contributed by atoms with Crippen molar-refractivity contribution in [3.8, 4) is 0 Å². The number of hydrogen-bond donors (Lipinski definition) is 3. The molecule has 0 aromatic rings. The maximum Gasteiger partial charge on any atom is 0.147 e. The van der Waals surface area contributed by atoms with Crippen molar-refractivity contribution in [3.05, 3.63) is 36.4 Å². The Morgan fingerprint density at radius 1 is 1.53 bits per heavy atom. The molecule has 5 heteroatoms. The summed E-state index contributed by atoms with van der Waals surface area (Å²) in [6.07, 6.45) is 6.48. The van der Waals surface area contributed by atoms with E-state index in [4.69, 9.17) is 17.2 Å². The predicted molar refractivity (Wildman–Crippen MR) is 78.7 cm³/mol. The molecule has 0 radical (unpaired) electrons. The van der Waals surface area contributed by atoms with E-state index in [2.05, 4.69) is 18.2 Å². The lowest BCUT2D eigenvalue weighted by atomic mass is 10.00. The minimum atomic E-state index is -0.151. The van der Waals surface area contributed by atoms with Crippen LogP contribution in [0.3, 0.4) is 0 Å². The molecule has 104 valence electrons. The van der Waals surface area contributed by atoms with Crippen LogP contribution in [0.1, 0.15) is 19.3 Å². The van der Waals surface area contributed by atoms with Crippen LogP contribution in [-0.2, 0) is 0 Å². The third kappa shape index (κ3) is 2.57. The van der Waals surface area contributed by atoms with Gasteiger partial charge in [-0.3, -0.25) is 0 Å². The van der Waals surface area contributed by atoms with Gasteiger partial charge in [0.2, 0.25) is 0 Å². The molecule has 0 aromatic heterocycles. The minimum Gasteiger partial charge on any atom is -0.382 e. The molecule has 6 N–H and O–H groups in total. The molecule has 5 nitrogen and oxygen atoms in total. The van der Waals surface area contributed by atoms with Gasteiger partial charge in [0.1, 0.15) is 5.82 Å². The fourth-order valence-corrected chi connectivity index (χ4v) is 2.95. The molecular formula is C14H23N5. The monoisotopic (exact) mass is 261 g/mol. The Labute approximate surface area is 114 Å². The van der Waals surface area contributed by atoms with Gasteiger partial charge < -0.3 is 22.1 Å². The molecule has 1 saturated carbocycles. The molecule has 19 heavy (non-hydrogen) atoms. The van der Waals surface area contributed by atoms with E-state index in [0.29, 0.717) is 17.7 Å². The van der Waals surface area contributed by atoms with Crippen LogP contribution in [0.4, 0.5) is 0 Å². The summed E-state index contributed by atoms with van der Waals surface area (Å²) < 4.78 is 0. The van der Waals surface area contributed by atoms with Crippen molar-refractivity contribution in [2.75, 3.05) is 6.54 Å². The van der Waals surface area contributed by atoms with Gasteiger partial charge in [0, 0.05) is 0 Å². The van der Waals surface area contributed by atoms with Crippen LogP contribution in [0.5, 0.6) is 0 Å². The normalized spacial score (nSPS) is 28.9. The quantitative estimate of drug-likeness (QED) is 0.699. The van der Waals surface area contributed by atoms with Crippen molar-refractivity contribution in [1.29, 1.82) is 0 Å². The molecule has 0 saturated heterocycles. The van der Waals surface area contributed by atoms with Gasteiger partial charge in [0.25, 0.3) is 0 Å². The molecular weight excluding hydrogens is 238 g/mol. The smallest absolute Gasteiger partial charge is 0.147 e. The van der Waals surface area contributed by atoms with Crippen LogP contribution < -0.4 is 17.2 Å². The summed E-state index contributed by atoms with van der Waals surface area (Å²) in [5, 5.41) is 0. The highest BCUT2D eigenvalue weighted by Gasteiger charge is 2.34. The Morgan fingerprint density at radius 2 is 2.26 bits per heavy atom. The first-order valence-electron chi connectivity index (χ1n) is 6.68. The van der Waals surface area contributed by atoms with E-state index >= 15 is 0 Å². The van der Waals surface area contributed by atoms with E-state index in [1.807, 2.05) is 4.90 Å². The summed E-state index contributed by atoms with van der Waals surface area (Å²) >= 11 is 0. The molecule has 0 amide bonds. The highest BCUT2D eigenvalue weighted by atomic mass is 15.3. The topological polar surface area (TPSA) is 93.7 Å². The van der Waals surface area contributed by atoms with Gasteiger partial charge in [-0.1, -0.05) is 13.2 Å².